The normalized spacial score (nSPS) is 11.0. The molecule has 0 aliphatic carbocycles. The van der Waals surface area contributed by atoms with E-state index in [1.807, 2.05) is 13.8 Å². The van der Waals surface area contributed by atoms with E-state index >= 15 is 0 Å². The van der Waals surface area contributed by atoms with Crippen LogP contribution < -0.4 is 4.74 Å². The quantitative estimate of drug-likeness (QED) is 0.578. The number of alkyl halides is 3. The topological polar surface area (TPSA) is 26.3 Å². The standard InChI is InChI=1S/C20H17F3O2/c1-14(2)13-25-19-5-3-4-16(18(19)12-24)9-6-15-7-10-17(11-8-15)20(21,22)23/h3-5,7-8,10-12,14H,13H2,1-2H3. The van der Waals surface area contributed by atoms with E-state index in [1.165, 1.54) is 12.1 Å². The summed E-state index contributed by atoms with van der Waals surface area (Å²) in [4.78, 5) is 11.4. The fraction of sp³-hybridized carbons (Fsp3) is 0.250. The van der Waals surface area contributed by atoms with Crippen molar-refractivity contribution in [3.63, 3.8) is 0 Å². The minimum Gasteiger partial charge on any atom is -0.493 e. The third-order valence-electron chi connectivity index (χ3n) is 3.31. The molecule has 2 aromatic carbocycles. The zero-order valence-corrected chi connectivity index (χ0v) is 13.9. The van der Waals surface area contributed by atoms with Gasteiger partial charge in [0.05, 0.1) is 17.7 Å². The van der Waals surface area contributed by atoms with Crippen LogP contribution in [0.5, 0.6) is 5.75 Å². The minimum atomic E-state index is -4.38. The molecule has 0 fully saturated rings. The first-order chi connectivity index (χ1) is 11.8. The summed E-state index contributed by atoms with van der Waals surface area (Å²) in [6, 6.07) is 9.64. The van der Waals surface area contributed by atoms with Gasteiger partial charge in [-0.15, -0.1) is 0 Å². The smallest absolute Gasteiger partial charge is 0.416 e. The second-order valence-corrected chi connectivity index (χ2v) is 5.87. The summed E-state index contributed by atoms with van der Waals surface area (Å²) in [6.45, 7) is 4.46. The summed E-state index contributed by atoms with van der Waals surface area (Å²) < 4.78 is 43.3. The lowest BCUT2D eigenvalue weighted by molar-refractivity contribution is -0.137. The van der Waals surface area contributed by atoms with Gasteiger partial charge in [-0.3, -0.25) is 4.79 Å². The van der Waals surface area contributed by atoms with Crippen molar-refractivity contribution in [3.8, 4) is 17.6 Å². The van der Waals surface area contributed by atoms with Gasteiger partial charge in [0, 0.05) is 11.1 Å². The van der Waals surface area contributed by atoms with Gasteiger partial charge in [0.25, 0.3) is 0 Å². The number of rotatable bonds is 4. The summed E-state index contributed by atoms with van der Waals surface area (Å²) in [5.74, 6) is 6.35. The molecule has 2 aromatic rings. The minimum absolute atomic E-state index is 0.307. The Balaban J connectivity index is 2.27. The molecule has 0 atom stereocenters. The SMILES string of the molecule is CC(C)COc1cccc(C#Cc2ccc(C(F)(F)F)cc2)c1C=O. The molecular formula is C20H17F3O2. The molecule has 25 heavy (non-hydrogen) atoms. The van der Waals surface area contributed by atoms with E-state index in [4.69, 9.17) is 4.74 Å². The first-order valence-electron chi connectivity index (χ1n) is 7.71. The molecule has 0 saturated heterocycles. The van der Waals surface area contributed by atoms with Crippen LogP contribution in [0.1, 0.15) is 40.9 Å². The number of carbonyl (C=O) groups excluding carboxylic acids is 1. The van der Waals surface area contributed by atoms with Crippen LogP contribution in [0.3, 0.4) is 0 Å². The highest BCUT2D eigenvalue weighted by Crippen LogP contribution is 2.29. The van der Waals surface area contributed by atoms with E-state index in [1.54, 1.807) is 18.2 Å². The van der Waals surface area contributed by atoms with E-state index in [-0.39, 0.29) is 0 Å². The molecule has 0 N–H and O–H groups in total. The summed E-state index contributed by atoms with van der Waals surface area (Å²) in [5.41, 5.74) is 0.507. The van der Waals surface area contributed by atoms with E-state index in [2.05, 4.69) is 11.8 Å². The predicted molar refractivity (Wildman–Crippen MR) is 89.6 cm³/mol. The van der Waals surface area contributed by atoms with Crippen LogP contribution in [0.2, 0.25) is 0 Å². The molecule has 0 aliphatic heterocycles. The average Bonchev–Trinajstić information content (AvgIpc) is 2.57. The van der Waals surface area contributed by atoms with Gasteiger partial charge in [-0.1, -0.05) is 31.8 Å². The van der Waals surface area contributed by atoms with Crippen molar-refractivity contribution in [1.82, 2.24) is 0 Å². The summed E-state index contributed by atoms with van der Waals surface area (Å²) in [6.07, 6.45) is -3.70. The number of carbonyl (C=O) groups is 1. The van der Waals surface area contributed by atoms with Crippen LogP contribution >= 0.6 is 0 Å². The largest absolute Gasteiger partial charge is 0.493 e. The van der Waals surface area contributed by atoms with Crippen LogP contribution in [0, 0.1) is 17.8 Å². The molecule has 5 heteroatoms. The van der Waals surface area contributed by atoms with E-state index in [0.717, 1.165) is 12.1 Å². The Labute approximate surface area is 144 Å². The fourth-order valence-electron chi connectivity index (χ4n) is 2.04. The van der Waals surface area contributed by atoms with Crippen LogP contribution in [-0.2, 0) is 6.18 Å². The zero-order chi connectivity index (χ0) is 18.4. The Bertz CT molecular complexity index is 794. The molecule has 0 heterocycles. The molecule has 0 aliphatic rings. The van der Waals surface area contributed by atoms with Crippen LogP contribution in [0.15, 0.2) is 42.5 Å². The van der Waals surface area contributed by atoms with E-state index in [9.17, 15) is 18.0 Å². The van der Waals surface area contributed by atoms with Crippen molar-refractivity contribution in [2.24, 2.45) is 5.92 Å². The number of aldehydes is 1. The molecule has 130 valence electrons. The summed E-state index contributed by atoms with van der Waals surface area (Å²) >= 11 is 0. The molecule has 0 unspecified atom stereocenters. The van der Waals surface area contributed by atoms with Crippen molar-refractivity contribution >= 4 is 6.29 Å². The Morgan fingerprint density at radius 1 is 1.08 bits per heavy atom. The highest BCUT2D eigenvalue weighted by molar-refractivity contribution is 5.83. The van der Waals surface area contributed by atoms with E-state index in [0.29, 0.717) is 41.3 Å². The molecular weight excluding hydrogens is 329 g/mol. The van der Waals surface area contributed by atoms with Gasteiger partial charge < -0.3 is 4.74 Å². The lowest BCUT2D eigenvalue weighted by atomic mass is 10.1. The third kappa shape index (κ3) is 5.12. The van der Waals surface area contributed by atoms with Crippen molar-refractivity contribution in [1.29, 1.82) is 0 Å². The highest BCUT2D eigenvalue weighted by Gasteiger charge is 2.29. The maximum atomic E-state index is 12.6. The maximum Gasteiger partial charge on any atom is 0.416 e. The maximum absolute atomic E-state index is 12.6. The number of benzene rings is 2. The van der Waals surface area contributed by atoms with Crippen molar-refractivity contribution < 1.29 is 22.7 Å². The molecule has 0 radical (unpaired) electrons. The van der Waals surface area contributed by atoms with Crippen LogP contribution in [0.25, 0.3) is 0 Å². The number of ether oxygens (including phenoxy) is 1. The van der Waals surface area contributed by atoms with Gasteiger partial charge in [0.2, 0.25) is 0 Å². The fourth-order valence-corrected chi connectivity index (χ4v) is 2.04. The Hall–Kier alpha value is -2.74. The molecule has 0 spiro atoms. The predicted octanol–water partition coefficient (Wildman–Crippen LogP) is 4.95. The summed E-state index contributed by atoms with van der Waals surface area (Å²) in [7, 11) is 0. The third-order valence-corrected chi connectivity index (χ3v) is 3.31. The lowest BCUT2D eigenvalue weighted by Crippen LogP contribution is -2.06. The van der Waals surface area contributed by atoms with Crippen molar-refractivity contribution in [3.05, 3.63) is 64.7 Å². The van der Waals surface area contributed by atoms with Gasteiger partial charge in [-0.25, -0.2) is 0 Å². The number of hydrogen-bond acceptors (Lipinski definition) is 2. The van der Waals surface area contributed by atoms with E-state index < -0.39 is 11.7 Å². The van der Waals surface area contributed by atoms with Gasteiger partial charge in [0.15, 0.2) is 6.29 Å². The Kier molecular flexibility index (Phi) is 5.87. The summed E-state index contributed by atoms with van der Waals surface area (Å²) in [5, 5.41) is 0. The van der Waals surface area contributed by atoms with Crippen molar-refractivity contribution in [2.75, 3.05) is 6.61 Å². The first kappa shape index (κ1) is 18.6. The second kappa shape index (κ2) is 7.89. The van der Waals surface area contributed by atoms with Gasteiger partial charge in [0.1, 0.15) is 5.75 Å². The Morgan fingerprint density at radius 2 is 1.76 bits per heavy atom. The highest BCUT2D eigenvalue weighted by atomic mass is 19.4. The molecule has 0 bridgehead atoms. The Morgan fingerprint density at radius 3 is 2.32 bits per heavy atom. The lowest BCUT2D eigenvalue weighted by Gasteiger charge is -2.11. The van der Waals surface area contributed by atoms with Crippen LogP contribution in [-0.4, -0.2) is 12.9 Å². The second-order valence-electron chi connectivity index (χ2n) is 5.87. The molecule has 0 amide bonds. The van der Waals surface area contributed by atoms with Gasteiger partial charge in [-0.05, 0) is 42.3 Å². The van der Waals surface area contributed by atoms with Crippen LogP contribution in [0.4, 0.5) is 13.2 Å². The average molecular weight is 346 g/mol. The monoisotopic (exact) mass is 346 g/mol. The van der Waals surface area contributed by atoms with Gasteiger partial charge in [-0.2, -0.15) is 13.2 Å². The molecule has 0 saturated carbocycles. The van der Waals surface area contributed by atoms with Crippen molar-refractivity contribution in [2.45, 2.75) is 20.0 Å². The first-order valence-corrected chi connectivity index (χ1v) is 7.71. The zero-order valence-electron chi connectivity index (χ0n) is 13.9. The molecule has 0 aromatic heterocycles. The number of hydrogen-bond donors (Lipinski definition) is 0. The molecule has 2 nitrogen and oxygen atoms in total. The van der Waals surface area contributed by atoms with Gasteiger partial charge >= 0.3 is 6.18 Å². The number of halogens is 3. The molecule has 2 rings (SSSR count).